The summed E-state index contributed by atoms with van der Waals surface area (Å²) in [5.74, 6) is 0.946. The molecule has 0 aromatic carbocycles. The molecule has 49 heavy (non-hydrogen) atoms. The molecular formula is C35H50F3N7O3Si. The first-order valence-electron chi connectivity index (χ1n) is 17.8. The normalized spacial score (nSPS) is 26.9. The fourth-order valence-corrected chi connectivity index (χ4v) is 7.94. The minimum atomic E-state index is -4.30. The maximum Gasteiger partial charge on any atom is 0.412 e. The highest BCUT2D eigenvalue weighted by atomic mass is 28.3. The summed E-state index contributed by atoms with van der Waals surface area (Å²) < 4.78 is 55.6. The summed E-state index contributed by atoms with van der Waals surface area (Å²) in [4.78, 5) is 15.4. The number of anilines is 1. The van der Waals surface area contributed by atoms with Crippen LogP contribution < -0.4 is 16.0 Å². The van der Waals surface area contributed by atoms with Crippen LogP contribution in [0.25, 0.3) is 16.7 Å². The molecular weight excluding hydrogens is 652 g/mol. The molecule has 14 heteroatoms. The number of fused-ring (bicyclic) bond motifs is 3. The number of unbranched alkanes of at least 4 members (excludes halogenated alkanes) is 1. The molecule has 2 saturated heterocycles. The van der Waals surface area contributed by atoms with Crippen molar-refractivity contribution in [3.05, 3.63) is 47.6 Å². The zero-order chi connectivity index (χ0) is 34.6. The van der Waals surface area contributed by atoms with Crippen LogP contribution in [0.3, 0.4) is 0 Å². The molecule has 1 saturated carbocycles. The number of aromatic nitrogens is 3. The van der Waals surface area contributed by atoms with Crippen molar-refractivity contribution >= 4 is 30.6 Å². The summed E-state index contributed by atoms with van der Waals surface area (Å²) in [6.45, 7) is 12.7. The molecule has 268 valence electrons. The van der Waals surface area contributed by atoms with Gasteiger partial charge in [-0.2, -0.15) is 18.2 Å². The summed E-state index contributed by atoms with van der Waals surface area (Å²) in [6.07, 6.45) is 7.70. The van der Waals surface area contributed by atoms with Gasteiger partial charge in [-0.05, 0) is 69.7 Å². The van der Waals surface area contributed by atoms with E-state index >= 15 is 0 Å². The molecule has 0 amide bonds. The number of alkyl halides is 3. The Kier molecular flexibility index (Phi) is 9.50. The number of nitrogens with zero attached hydrogens (tertiary/aromatic N) is 4. The van der Waals surface area contributed by atoms with Crippen molar-refractivity contribution in [3.63, 3.8) is 0 Å². The zero-order valence-corrected chi connectivity index (χ0v) is 30.2. The highest BCUT2D eigenvalue weighted by molar-refractivity contribution is 6.76. The lowest BCUT2D eigenvalue weighted by molar-refractivity contribution is -0.196. The number of halogens is 3. The largest absolute Gasteiger partial charge is 0.464 e. The molecule has 7 rings (SSSR count). The van der Waals surface area contributed by atoms with E-state index in [0.29, 0.717) is 25.6 Å². The van der Waals surface area contributed by atoms with Gasteiger partial charge in [-0.1, -0.05) is 25.7 Å². The van der Waals surface area contributed by atoms with E-state index in [1.54, 1.807) is 6.33 Å². The van der Waals surface area contributed by atoms with Gasteiger partial charge in [-0.15, -0.1) is 0 Å². The molecule has 10 nitrogen and oxygen atoms in total. The Labute approximate surface area is 287 Å². The van der Waals surface area contributed by atoms with Crippen LogP contribution in [0.15, 0.2) is 47.6 Å². The number of ether oxygens (including phenoxy) is 2. The van der Waals surface area contributed by atoms with E-state index in [0.717, 1.165) is 78.6 Å². The van der Waals surface area contributed by atoms with Crippen LogP contribution in [-0.4, -0.2) is 89.7 Å². The SMILES string of the molecule is CC1(C)OC2=C(CNCCCCC3NC4CC=C(C(F)(F)F)CC4N3OCC[Si](C)(C)C)C=C(n3ccc4c(NC5CC5)ncnc43)[C@@H]2O1. The zero-order valence-electron chi connectivity index (χ0n) is 29.2. The van der Waals surface area contributed by atoms with Crippen LogP contribution in [-0.2, 0) is 14.3 Å². The van der Waals surface area contributed by atoms with Crippen molar-refractivity contribution in [3.8, 4) is 0 Å². The van der Waals surface area contributed by atoms with Crippen molar-refractivity contribution in [1.82, 2.24) is 30.2 Å². The van der Waals surface area contributed by atoms with Crippen molar-refractivity contribution in [2.24, 2.45) is 0 Å². The molecule has 2 aromatic rings. The number of hydrogen-bond acceptors (Lipinski definition) is 9. The molecule has 3 N–H and O–H groups in total. The minimum Gasteiger partial charge on any atom is -0.464 e. The van der Waals surface area contributed by atoms with Gasteiger partial charge < -0.3 is 24.7 Å². The maximum absolute atomic E-state index is 13.6. The molecule has 3 aliphatic carbocycles. The Hall–Kier alpha value is -2.75. The number of nitrogens with one attached hydrogen (secondary N) is 3. The Bertz CT molecular complexity index is 1630. The first-order valence-corrected chi connectivity index (χ1v) is 21.5. The molecule has 4 heterocycles. The van der Waals surface area contributed by atoms with Gasteiger partial charge in [0.05, 0.1) is 29.9 Å². The fraction of sp³-hybridized carbons (Fsp3) is 0.657. The summed E-state index contributed by atoms with van der Waals surface area (Å²) in [5, 5.41) is 13.6. The topological polar surface area (TPSA) is 97.7 Å². The molecule has 3 fully saturated rings. The third kappa shape index (κ3) is 7.79. The summed E-state index contributed by atoms with van der Waals surface area (Å²) in [5.41, 5.74) is 2.41. The molecule has 5 aliphatic rings. The van der Waals surface area contributed by atoms with Crippen LogP contribution >= 0.6 is 0 Å². The standard InChI is InChI=1S/C35H50F3N7O3Si/c1-34(2)47-30-22(18-28(31(30)48-34)44-15-13-25-32(42-24-10-11-24)40-21-41-33(25)44)20-39-14-7-6-8-29-43-26-12-9-23(35(36,37)38)19-27(26)45(29)46-16-17-49(3,4)5/h9,13,15,18,21,24,26-27,29,31,39,43H,6-8,10-12,14,16-17,19-20H2,1-5H3,(H,40,41,42)/t26?,27?,29?,31-/m0/s1. The predicted octanol–water partition coefficient (Wildman–Crippen LogP) is 6.55. The molecule has 4 atom stereocenters. The van der Waals surface area contributed by atoms with Gasteiger partial charge in [0.25, 0.3) is 0 Å². The van der Waals surface area contributed by atoms with Crippen LogP contribution in [0.5, 0.6) is 0 Å². The average Bonchev–Trinajstić information content (AvgIpc) is 3.32. The maximum atomic E-state index is 13.6. The summed E-state index contributed by atoms with van der Waals surface area (Å²) in [6, 6.07) is 3.16. The first-order chi connectivity index (χ1) is 23.3. The van der Waals surface area contributed by atoms with Crippen LogP contribution in [0, 0.1) is 0 Å². The van der Waals surface area contributed by atoms with Crippen molar-refractivity contribution in [1.29, 1.82) is 0 Å². The lowest BCUT2D eigenvalue weighted by Crippen LogP contribution is -2.42. The third-order valence-corrected chi connectivity index (χ3v) is 11.7. The van der Waals surface area contributed by atoms with Gasteiger partial charge in [0.1, 0.15) is 23.6 Å². The Morgan fingerprint density at radius 3 is 2.73 bits per heavy atom. The quantitative estimate of drug-likeness (QED) is 0.115. The third-order valence-electron chi connectivity index (χ3n) is 9.99. The van der Waals surface area contributed by atoms with Gasteiger partial charge in [0, 0.05) is 57.9 Å². The predicted molar refractivity (Wildman–Crippen MR) is 186 cm³/mol. The molecule has 2 aliphatic heterocycles. The van der Waals surface area contributed by atoms with Gasteiger partial charge in [0.15, 0.2) is 6.10 Å². The van der Waals surface area contributed by atoms with E-state index < -0.39 is 25.6 Å². The summed E-state index contributed by atoms with van der Waals surface area (Å²) in [7, 11) is -1.35. The van der Waals surface area contributed by atoms with E-state index in [1.165, 1.54) is 6.08 Å². The fourth-order valence-electron chi connectivity index (χ4n) is 7.23. The Morgan fingerprint density at radius 1 is 1.16 bits per heavy atom. The van der Waals surface area contributed by atoms with E-state index in [2.05, 4.69) is 62.3 Å². The second kappa shape index (κ2) is 13.4. The van der Waals surface area contributed by atoms with Gasteiger partial charge in [-0.25, -0.2) is 9.97 Å². The molecule has 2 aromatic heterocycles. The second-order valence-electron chi connectivity index (χ2n) is 15.7. The summed E-state index contributed by atoms with van der Waals surface area (Å²) >= 11 is 0. The Morgan fingerprint density at radius 2 is 1.98 bits per heavy atom. The van der Waals surface area contributed by atoms with E-state index in [4.69, 9.17) is 14.3 Å². The lowest BCUT2D eigenvalue weighted by atomic mass is 9.91. The molecule has 0 bridgehead atoms. The molecule has 0 spiro atoms. The highest BCUT2D eigenvalue weighted by Crippen LogP contribution is 2.44. The van der Waals surface area contributed by atoms with Crippen LogP contribution in [0.2, 0.25) is 25.7 Å². The van der Waals surface area contributed by atoms with Crippen LogP contribution in [0.4, 0.5) is 19.0 Å². The van der Waals surface area contributed by atoms with Crippen molar-refractivity contribution < 1.29 is 27.5 Å². The van der Waals surface area contributed by atoms with Crippen molar-refractivity contribution in [2.45, 2.75) is 127 Å². The van der Waals surface area contributed by atoms with E-state index in [-0.39, 0.29) is 30.8 Å². The Balaban J connectivity index is 0.954. The van der Waals surface area contributed by atoms with Gasteiger partial charge in [0.2, 0.25) is 5.79 Å². The van der Waals surface area contributed by atoms with Gasteiger partial charge in [-0.3, -0.25) is 10.2 Å². The average molecular weight is 702 g/mol. The van der Waals surface area contributed by atoms with Crippen LogP contribution in [0.1, 0.15) is 58.8 Å². The van der Waals surface area contributed by atoms with E-state index in [1.807, 2.05) is 25.1 Å². The number of hydroxylamine groups is 2. The second-order valence-corrected chi connectivity index (χ2v) is 21.3. The number of hydrogen-bond donors (Lipinski definition) is 3. The first kappa shape index (κ1) is 34.7. The smallest absolute Gasteiger partial charge is 0.412 e. The number of rotatable bonds is 14. The lowest BCUT2D eigenvalue weighted by Gasteiger charge is -2.33. The van der Waals surface area contributed by atoms with Crippen molar-refractivity contribution in [2.75, 3.05) is 25.0 Å². The molecule has 0 radical (unpaired) electrons. The highest BCUT2D eigenvalue weighted by Gasteiger charge is 2.48. The minimum absolute atomic E-state index is 0.0337. The van der Waals surface area contributed by atoms with Gasteiger partial charge >= 0.3 is 6.18 Å². The molecule has 3 unspecified atom stereocenters. The monoisotopic (exact) mass is 701 g/mol. The van der Waals surface area contributed by atoms with E-state index in [9.17, 15) is 13.2 Å².